The zero-order valence-electron chi connectivity index (χ0n) is 18.5. The van der Waals surface area contributed by atoms with Gasteiger partial charge in [-0.2, -0.15) is 0 Å². The summed E-state index contributed by atoms with van der Waals surface area (Å²) in [6, 6.07) is 15.4. The van der Waals surface area contributed by atoms with Crippen molar-refractivity contribution in [3.05, 3.63) is 88.2 Å². The Bertz CT molecular complexity index is 1430. The smallest absolute Gasteiger partial charge is 0.337 e. The first-order valence-electron chi connectivity index (χ1n) is 10.9. The summed E-state index contributed by atoms with van der Waals surface area (Å²) in [5, 5.41) is 0. The van der Waals surface area contributed by atoms with E-state index >= 15 is 0 Å². The van der Waals surface area contributed by atoms with Gasteiger partial charge < -0.3 is 23.7 Å². The third kappa shape index (κ3) is 3.50. The van der Waals surface area contributed by atoms with Gasteiger partial charge in [-0.3, -0.25) is 9.59 Å². The second kappa shape index (κ2) is 8.02. The number of carbonyl (C=O) groups excluding carboxylic acids is 3. The molecule has 3 aromatic rings. The van der Waals surface area contributed by atoms with Gasteiger partial charge in [-0.1, -0.05) is 18.2 Å². The summed E-state index contributed by atoms with van der Waals surface area (Å²) in [5.74, 6) is 0.638. The number of rotatable bonds is 3. The van der Waals surface area contributed by atoms with Crippen molar-refractivity contribution in [1.29, 1.82) is 0 Å². The number of ether oxygens (including phenoxy) is 5. The molecule has 0 N–H and O–H groups in total. The molecule has 0 bridgehead atoms. The molecule has 0 amide bonds. The molecule has 0 saturated heterocycles. The van der Waals surface area contributed by atoms with Gasteiger partial charge in [-0.15, -0.1) is 0 Å². The highest BCUT2D eigenvalue weighted by atomic mass is 16.7. The third-order valence-electron chi connectivity index (χ3n) is 6.21. The van der Waals surface area contributed by atoms with Gasteiger partial charge in [-0.25, -0.2) is 4.79 Å². The number of ketones is 1. The van der Waals surface area contributed by atoms with E-state index in [1.807, 2.05) is 12.1 Å². The van der Waals surface area contributed by atoms with Gasteiger partial charge in [0.25, 0.3) is 0 Å². The molecule has 0 fully saturated rings. The van der Waals surface area contributed by atoms with Gasteiger partial charge in [0.05, 0.1) is 24.7 Å². The fourth-order valence-electron chi connectivity index (χ4n) is 4.51. The minimum Gasteiger partial charge on any atom is -0.465 e. The van der Waals surface area contributed by atoms with Crippen LogP contribution >= 0.6 is 0 Å². The summed E-state index contributed by atoms with van der Waals surface area (Å²) >= 11 is 0. The lowest BCUT2D eigenvalue weighted by Gasteiger charge is -2.26. The Balaban J connectivity index is 1.39. The van der Waals surface area contributed by atoms with E-state index in [2.05, 4.69) is 0 Å². The van der Waals surface area contributed by atoms with E-state index in [9.17, 15) is 14.4 Å². The van der Waals surface area contributed by atoms with Crippen LogP contribution < -0.4 is 18.9 Å². The number of hydrogen-bond donors (Lipinski definition) is 0. The van der Waals surface area contributed by atoms with Gasteiger partial charge >= 0.3 is 11.9 Å². The summed E-state index contributed by atoms with van der Waals surface area (Å²) in [4.78, 5) is 37.2. The lowest BCUT2D eigenvalue weighted by atomic mass is 9.84. The molecule has 1 atom stereocenters. The van der Waals surface area contributed by atoms with Crippen molar-refractivity contribution < 1.29 is 38.1 Å². The minimum absolute atomic E-state index is 0.0919. The van der Waals surface area contributed by atoms with Crippen LogP contribution in [0.4, 0.5) is 0 Å². The highest BCUT2D eigenvalue weighted by Crippen LogP contribution is 2.50. The highest BCUT2D eigenvalue weighted by Gasteiger charge is 2.39. The molecule has 8 heteroatoms. The van der Waals surface area contributed by atoms with Crippen LogP contribution in [-0.2, 0) is 9.53 Å². The lowest BCUT2D eigenvalue weighted by Crippen LogP contribution is -2.21. The van der Waals surface area contributed by atoms with Crippen molar-refractivity contribution >= 4 is 23.8 Å². The van der Waals surface area contributed by atoms with Crippen LogP contribution in [0.25, 0.3) is 6.08 Å². The standard InChI is InChI=1S/C27H18O8/c1-31-27(30)15-4-2-14(3-5-15)10-22-25(29)17-7-9-20-24(26(17)35-22)18(12-23(28)34-20)16-6-8-19-21(11-16)33-13-32-19/h2-11,18H,12-13H2,1H3/b22-10-. The van der Waals surface area contributed by atoms with Gasteiger partial charge in [-0.05, 0) is 53.6 Å². The lowest BCUT2D eigenvalue weighted by molar-refractivity contribution is -0.135. The van der Waals surface area contributed by atoms with Crippen LogP contribution in [0.2, 0.25) is 0 Å². The third-order valence-corrected chi connectivity index (χ3v) is 6.21. The molecule has 3 heterocycles. The monoisotopic (exact) mass is 470 g/mol. The van der Waals surface area contributed by atoms with E-state index < -0.39 is 5.97 Å². The van der Waals surface area contributed by atoms with Gasteiger partial charge in [0, 0.05) is 11.5 Å². The first-order valence-corrected chi connectivity index (χ1v) is 10.9. The van der Waals surface area contributed by atoms with Crippen molar-refractivity contribution in [2.75, 3.05) is 13.9 Å². The average Bonchev–Trinajstić information content (AvgIpc) is 3.47. The minimum atomic E-state index is -0.444. The Kier molecular flexibility index (Phi) is 4.81. The Morgan fingerprint density at radius 1 is 0.943 bits per heavy atom. The topological polar surface area (TPSA) is 97.4 Å². The van der Waals surface area contributed by atoms with E-state index in [1.165, 1.54) is 7.11 Å². The number of benzene rings is 3. The number of methoxy groups -OCH3 is 1. The molecule has 0 aliphatic carbocycles. The van der Waals surface area contributed by atoms with E-state index in [0.29, 0.717) is 45.3 Å². The molecule has 1 unspecified atom stereocenters. The van der Waals surface area contributed by atoms with E-state index in [-0.39, 0.29) is 36.6 Å². The van der Waals surface area contributed by atoms with Crippen LogP contribution in [-0.4, -0.2) is 31.6 Å². The maximum Gasteiger partial charge on any atom is 0.337 e. The van der Waals surface area contributed by atoms with E-state index in [4.69, 9.17) is 23.7 Å². The summed E-state index contributed by atoms with van der Waals surface area (Å²) in [7, 11) is 1.31. The molecule has 3 aliphatic heterocycles. The van der Waals surface area contributed by atoms with Crippen molar-refractivity contribution in [2.45, 2.75) is 12.3 Å². The Labute approximate surface area is 199 Å². The number of carbonyl (C=O) groups is 3. The molecule has 0 saturated carbocycles. The quantitative estimate of drug-likeness (QED) is 0.318. The zero-order valence-corrected chi connectivity index (χ0v) is 18.5. The summed E-state index contributed by atoms with van der Waals surface area (Å²) in [5.41, 5.74) is 2.94. The number of Topliss-reactive ketones (excluding diaryl/α,β-unsaturated/α-hetero) is 1. The van der Waals surface area contributed by atoms with Crippen LogP contribution in [0, 0.1) is 0 Å². The maximum atomic E-state index is 13.2. The van der Waals surface area contributed by atoms with E-state index in [0.717, 1.165) is 5.56 Å². The molecular formula is C27H18O8. The molecule has 3 aromatic carbocycles. The molecule has 35 heavy (non-hydrogen) atoms. The summed E-state index contributed by atoms with van der Waals surface area (Å²) < 4.78 is 27.2. The largest absolute Gasteiger partial charge is 0.465 e. The average molecular weight is 470 g/mol. The van der Waals surface area contributed by atoms with Crippen LogP contribution in [0.1, 0.15) is 49.7 Å². The number of hydrogen-bond acceptors (Lipinski definition) is 8. The Morgan fingerprint density at radius 3 is 2.51 bits per heavy atom. The second-order valence-electron chi connectivity index (χ2n) is 8.25. The SMILES string of the molecule is COC(=O)c1ccc(/C=C2\Oc3c(ccc4c3C(c3ccc5c(c3)OCO5)CC(=O)O4)C2=O)cc1. The van der Waals surface area contributed by atoms with Crippen LogP contribution in [0.5, 0.6) is 23.0 Å². The molecular weight excluding hydrogens is 452 g/mol. The molecule has 0 aromatic heterocycles. The molecule has 6 rings (SSSR count). The molecule has 0 spiro atoms. The predicted octanol–water partition coefficient (Wildman–Crippen LogP) is 4.26. The maximum absolute atomic E-state index is 13.2. The fraction of sp³-hybridized carbons (Fsp3) is 0.148. The number of esters is 2. The fourth-order valence-corrected chi connectivity index (χ4v) is 4.51. The van der Waals surface area contributed by atoms with Crippen LogP contribution in [0.15, 0.2) is 60.4 Å². The van der Waals surface area contributed by atoms with Crippen molar-refractivity contribution in [1.82, 2.24) is 0 Å². The zero-order chi connectivity index (χ0) is 24.1. The molecule has 8 nitrogen and oxygen atoms in total. The highest BCUT2D eigenvalue weighted by molar-refractivity contribution is 6.15. The Hall–Kier alpha value is -4.59. The van der Waals surface area contributed by atoms with Gasteiger partial charge in [0.15, 0.2) is 17.3 Å². The predicted molar refractivity (Wildman–Crippen MR) is 122 cm³/mol. The van der Waals surface area contributed by atoms with Crippen molar-refractivity contribution in [2.24, 2.45) is 0 Å². The normalized spacial score (nSPS) is 18.5. The number of fused-ring (bicyclic) bond motifs is 4. The van der Waals surface area contributed by atoms with Crippen molar-refractivity contribution in [3.63, 3.8) is 0 Å². The second-order valence-corrected chi connectivity index (χ2v) is 8.25. The van der Waals surface area contributed by atoms with Gasteiger partial charge in [0.2, 0.25) is 12.6 Å². The van der Waals surface area contributed by atoms with Crippen molar-refractivity contribution in [3.8, 4) is 23.0 Å². The summed E-state index contributed by atoms with van der Waals surface area (Å²) in [6.45, 7) is 0.143. The van der Waals surface area contributed by atoms with E-state index in [1.54, 1.807) is 48.5 Å². The number of allylic oxidation sites excluding steroid dienone is 1. The van der Waals surface area contributed by atoms with Gasteiger partial charge in [0.1, 0.15) is 11.5 Å². The molecule has 0 radical (unpaired) electrons. The Morgan fingerprint density at radius 2 is 1.71 bits per heavy atom. The summed E-state index contributed by atoms with van der Waals surface area (Å²) in [6.07, 6.45) is 1.70. The first-order chi connectivity index (χ1) is 17.0. The molecule has 3 aliphatic rings. The molecule has 174 valence electrons. The first kappa shape index (κ1) is 21.0. The van der Waals surface area contributed by atoms with Crippen LogP contribution in [0.3, 0.4) is 0 Å².